The van der Waals surface area contributed by atoms with Crippen LogP contribution in [-0.4, -0.2) is 13.0 Å². The zero-order valence-corrected chi connectivity index (χ0v) is 12.5. The summed E-state index contributed by atoms with van der Waals surface area (Å²) in [6.45, 7) is 1.80. The molecule has 0 aliphatic heterocycles. The highest BCUT2D eigenvalue weighted by Crippen LogP contribution is 2.22. The molecular weight excluding hydrogens is 286 g/mol. The second kappa shape index (κ2) is 7.02. The van der Waals surface area contributed by atoms with Gasteiger partial charge in [0.2, 0.25) is 5.91 Å². The van der Waals surface area contributed by atoms with Gasteiger partial charge in [-0.2, -0.15) is 0 Å². The number of carbonyl (C=O) groups is 1. The third-order valence-electron chi connectivity index (χ3n) is 3.41. The standard InChI is InChI=1S/C17H18F2N2O/c1-11(15-8-5-13(18)10-16(15)19)21-14-6-3-12(4-7-14)9-17(22)20-2/h3-8,10-11,21H,9H2,1-2H3,(H,20,22). The molecule has 0 aromatic heterocycles. The Morgan fingerprint density at radius 2 is 1.82 bits per heavy atom. The third-order valence-corrected chi connectivity index (χ3v) is 3.41. The van der Waals surface area contributed by atoms with Crippen LogP contribution in [0.2, 0.25) is 0 Å². The summed E-state index contributed by atoms with van der Waals surface area (Å²) in [5.41, 5.74) is 2.10. The highest BCUT2D eigenvalue weighted by Gasteiger charge is 2.11. The van der Waals surface area contributed by atoms with Crippen LogP contribution >= 0.6 is 0 Å². The quantitative estimate of drug-likeness (QED) is 0.888. The summed E-state index contributed by atoms with van der Waals surface area (Å²) >= 11 is 0. The lowest BCUT2D eigenvalue weighted by Gasteiger charge is -2.16. The number of rotatable bonds is 5. The first-order valence-corrected chi connectivity index (χ1v) is 7.00. The maximum atomic E-state index is 13.7. The van der Waals surface area contributed by atoms with Gasteiger partial charge in [0.1, 0.15) is 11.6 Å². The fraction of sp³-hybridized carbons (Fsp3) is 0.235. The maximum absolute atomic E-state index is 13.7. The molecular formula is C17H18F2N2O. The molecule has 0 bridgehead atoms. The molecule has 1 unspecified atom stereocenters. The lowest BCUT2D eigenvalue weighted by atomic mass is 10.1. The monoisotopic (exact) mass is 304 g/mol. The number of hydrogen-bond acceptors (Lipinski definition) is 2. The Bertz CT molecular complexity index is 656. The van der Waals surface area contributed by atoms with Crippen molar-refractivity contribution in [2.45, 2.75) is 19.4 Å². The molecule has 0 saturated heterocycles. The van der Waals surface area contributed by atoms with Gasteiger partial charge in [0.25, 0.3) is 0 Å². The second-order valence-corrected chi connectivity index (χ2v) is 5.08. The molecule has 116 valence electrons. The topological polar surface area (TPSA) is 41.1 Å². The van der Waals surface area contributed by atoms with Crippen molar-refractivity contribution in [2.24, 2.45) is 0 Å². The van der Waals surface area contributed by atoms with E-state index in [2.05, 4.69) is 10.6 Å². The van der Waals surface area contributed by atoms with Crippen molar-refractivity contribution in [3.63, 3.8) is 0 Å². The number of hydrogen-bond donors (Lipinski definition) is 2. The molecule has 0 aliphatic carbocycles. The van der Waals surface area contributed by atoms with E-state index >= 15 is 0 Å². The molecule has 2 rings (SSSR count). The average molecular weight is 304 g/mol. The predicted octanol–water partition coefficient (Wildman–Crippen LogP) is 3.43. The lowest BCUT2D eigenvalue weighted by Crippen LogP contribution is -2.19. The largest absolute Gasteiger partial charge is 0.378 e. The molecule has 22 heavy (non-hydrogen) atoms. The van der Waals surface area contributed by atoms with E-state index in [-0.39, 0.29) is 11.9 Å². The first-order chi connectivity index (χ1) is 10.5. The van der Waals surface area contributed by atoms with Crippen LogP contribution in [0, 0.1) is 11.6 Å². The Balaban J connectivity index is 2.05. The number of halogens is 2. The Morgan fingerprint density at radius 3 is 2.41 bits per heavy atom. The molecule has 0 aliphatic rings. The summed E-state index contributed by atoms with van der Waals surface area (Å²) in [6.07, 6.45) is 0.318. The zero-order chi connectivity index (χ0) is 16.1. The number of anilines is 1. The summed E-state index contributed by atoms with van der Waals surface area (Å²) in [7, 11) is 1.59. The fourth-order valence-electron chi connectivity index (χ4n) is 2.17. The summed E-state index contributed by atoms with van der Waals surface area (Å²) in [4.78, 5) is 11.3. The summed E-state index contributed by atoms with van der Waals surface area (Å²) in [6, 6.07) is 10.6. The molecule has 3 nitrogen and oxygen atoms in total. The van der Waals surface area contributed by atoms with Gasteiger partial charge in [-0.3, -0.25) is 4.79 Å². The number of carbonyl (C=O) groups excluding carboxylic acids is 1. The van der Waals surface area contributed by atoms with Crippen molar-refractivity contribution in [2.75, 3.05) is 12.4 Å². The van der Waals surface area contributed by atoms with Crippen LogP contribution in [0.3, 0.4) is 0 Å². The normalized spacial score (nSPS) is 11.8. The van der Waals surface area contributed by atoms with Crippen LogP contribution < -0.4 is 10.6 Å². The number of nitrogens with one attached hydrogen (secondary N) is 2. The van der Waals surface area contributed by atoms with E-state index in [9.17, 15) is 13.6 Å². The van der Waals surface area contributed by atoms with Crippen molar-refractivity contribution in [1.29, 1.82) is 0 Å². The van der Waals surface area contributed by atoms with E-state index in [0.29, 0.717) is 12.0 Å². The summed E-state index contributed by atoms with van der Waals surface area (Å²) in [5, 5.41) is 5.72. The van der Waals surface area contributed by atoms with Gasteiger partial charge < -0.3 is 10.6 Å². The van der Waals surface area contributed by atoms with Crippen LogP contribution in [0.25, 0.3) is 0 Å². The molecule has 0 radical (unpaired) electrons. The van der Waals surface area contributed by atoms with Crippen molar-refractivity contribution in [3.8, 4) is 0 Å². The molecule has 0 saturated carbocycles. The summed E-state index contributed by atoms with van der Waals surface area (Å²) in [5.74, 6) is -1.22. The van der Waals surface area contributed by atoms with E-state index in [4.69, 9.17) is 0 Å². The van der Waals surface area contributed by atoms with Crippen LogP contribution in [0.1, 0.15) is 24.1 Å². The molecule has 0 spiro atoms. The van der Waals surface area contributed by atoms with Gasteiger partial charge in [-0.25, -0.2) is 8.78 Å². The van der Waals surface area contributed by atoms with Crippen LogP contribution in [0.5, 0.6) is 0 Å². The third kappa shape index (κ3) is 4.04. The lowest BCUT2D eigenvalue weighted by molar-refractivity contribution is -0.119. The Kier molecular flexibility index (Phi) is 5.09. The van der Waals surface area contributed by atoms with Gasteiger partial charge in [-0.1, -0.05) is 18.2 Å². The first-order valence-electron chi connectivity index (χ1n) is 7.00. The van der Waals surface area contributed by atoms with Crippen molar-refractivity contribution in [3.05, 3.63) is 65.2 Å². The minimum absolute atomic E-state index is 0.0533. The van der Waals surface area contributed by atoms with Crippen molar-refractivity contribution < 1.29 is 13.6 Å². The van der Waals surface area contributed by atoms with Gasteiger partial charge in [-0.05, 0) is 30.7 Å². The molecule has 2 aromatic carbocycles. The molecule has 5 heteroatoms. The maximum Gasteiger partial charge on any atom is 0.224 e. The molecule has 0 heterocycles. The summed E-state index contributed by atoms with van der Waals surface area (Å²) < 4.78 is 26.6. The fourth-order valence-corrected chi connectivity index (χ4v) is 2.17. The minimum atomic E-state index is -0.591. The number of benzene rings is 2. The Hall–Kier alpha value is -2.43. The zero-order valence-electron chi connectivity index (χ0n) is 12.5. The predicted molar refractivity (Wildman–Crippen MR) is 82.6 cm³/mol. The Morgan fingerprint density at radius 1 is 1.14 bits per heavy atom. The van der Waals surface area contributed by atoms with Gasteiger partial charge in [0.05, 0.1) is 12.5 Å². The molecule has 1 amide bonds. The molecule has 1 atom stereocenters. The van der Waals surface area contributed by atoms with Crippen LogP contribution in [0.15, 0.2) is 42.5 Å². The van der Waals surface area contributed by atoms with Crippen LogP contribution in [0.4, 0.5) is 14.5 Å². The van der Waals surface area contributed by atoms with E-state index in [1.54, 1.807) is 14.0 Å². The smallest absolute Gasteiger partial charge is 0.224 e. The minimum Gasteiger partial charge on any atom is -0.378 e. The van der Waals surface area contributed by atoms with Crippen molar-refractivity contribution >= 4 is 11.6 Å². The molecule has 0 fully saturated rings. The molecule has 2 N–H and O–H groups in total. The van der Waals surface area contributed by atoms with Gasteiger partial charge >= 0.3 is 0 Å². The van der Waals surface area contributed by atoms with Gasteiger partial charge in [0.15, 0.2) is 0 Å². The van der Waals surface area contributed by atoms with Crippen LogP contribution in [-0.2, 0) is 11.2 Å². The highest BCUT2D eigenvalue weighted by atomic mass is 19.1. The van der Waals surface area contributed by atoms with E-state index in [0.717, 1.165) is 17.3 Å². The van der Waals surface area contributed by atoms with Gasteiger partial charge in [0, 0.05) is 24.4 Å². The van der Waals surface area contributed by atoms with E-state index < -0.39 is 11.6 Å². The van der Waals surface area contributed by atoms with Gasteiger partial charge in [-0.15, -0.1) is 0 Å². The second-order valence-electron chi connectivity index (χ2n) is 5.08. The SMILES string of the molecule is CNC(=O)Cc1ccc(NC(C)c2ccc(F)cc2F)cc1. The average Bonchev–Trinajstić information content (AvgIpc) is 2.49. The van der Waals surface area contributed by atoms with E-state index in [1.807, 2.05) is 24.3 Å². The Labute approximate surface area is 128 Å². The van der Waals surface area contributed by atoms with E-state index in [1.165, 1.54) is 12.1 Å². The highest BCUT2D eigenvalue weighted by molar-refractivity contribution is 5.78. The number of likely N-dealkylation sites (N-methyl/N-ethyl adjacent to an activating group) is 1. The van der Waals surface area contributed by atoms with Crippen molar-refractivity contribution in [1.82, 2.24) is 5.32 Å². The first kappa shape index (κ1) is 15.9. The number of amides is 1. The molecule has 2 aromatic rings.